The van der Waals surface area contributed by atoms with Crippen LogP contribution in [0.2, 0.25) is 0 Å². The van der Waals surface area contributed by atoms with E-state index in [1.54, 1.807) is 30.3 Å². The van der Waals surface area contributed by atoms with Crippen LogP contribution in [0.1, 0.15) is 0 Å². The van der Waals surface area contributed by atoms with Crippen molar-refractivity contribution in [1.82, 2.24) is 5.32 Å². The van der Waals surface area contributed by atoms with Gasteiger partial charge in [-0.25, -0.2) is 9.18 Å². The van der Waals surface area contributed by atoms with Gasteiger partial charge < -0.3 is 25.0 Å². The number of piperidine rings is 1. The molecule has 1 saturated carbocycles. The van der Waals surface area contributed by atoms with Crippen molar-refractivity contribution in [3.8, 4) is 11.5 Å². The van der Waals surface area contributed by atoms with Gasteiger partial charge in [-0.1, -0.05) is 0 Å². The minimum atomic E-state index is -0.224. The van der Waals surface area contributed by atoms with Crippen molar-refractivity contribution in [2.24, 2.45) is 11.8 Å². The lowest BCUT2D eigenvalue weighted by Crippen LogP contribution is -2.37. The van der Waals surface area contributed by atoms with Crippen molar-refractivity contribution in [3.05, 3.63) is 48.3 Å². The summed E-state index contributed by atoms with van der Waals surface area (Å²) in [6, 6.07) is 11.9. The van der Waals surface area contributed by atoms with Gasteiger partial charge in [0.2, 0.25) is 0 Å². The SMILES string of the molecule is O=C(Nc1ccc2c(c1)OCCO2)NC1C2CN(c3ccc(F)cc3)CC21. The number of hydrogen-bond donors (Lipinski definition) is 2. The summed E-state index contributed by atoms with van der Waals surface area (Å²) in [6.45, 7) is 2.81. The van der Waals surface area contributed by atoms with Crippen molar-refractivity contribution in [2.75, 3.05) is 36.5 Å². The van der Waals surface area contributed by atoms with Crippen molar-refractivity contribution < 1.29 is 18.7 Å². The van der Waals surface area contributed by atoms with Gasteiger partial charge in [0.1, 0.15) is 19.0 Å². The average molecular weight is 369 g/mol. The number of benzene rings is 2. The van der Waals surface area contributed by atoms with Crippen molar-refractivity contribution in [2.45, 2.75) is 6.04 Å². The zero-order valence-electron chi connectivity index (χ0n) is 14.7. The molecule has 2 amide bonds. The number of fused-ring (bicyclic) bond motifs is 2. The van der Waals surface area contributed by atoms with Gasteiger partial charge in [-0.15, -0.1) is 0 Å². The Hall–Kier alpha value is -2.96. The molecule has 27 heavy (non-hydrogen) atoms. The zero-order chi connectivity index (χ0) is 18.4. The van der Waals surface area contributed by atoms with E-state index in [1.165, 1.54) is 12.1 Å². The number of hydrogen-bond acceptors (Lipinski definition) is 4. The Morgan fingerprint density at radius 1 is 1.00 bits per heavy atom. The van der Waals surface area contributed by atoms with Gasteiger partial charge in [-0.3, -0.25) is 0 Å². The Labute approximate surface area is 156 Å². The number of nitrogens with one attached hydrogen (secondary N) is 2. The molecule has 2 atom stereocenters. The van der Waals surface area contributed by atoms with Gasteiger partial charge in [-0.2, -0.15) is 0 Å². The number of anilines is 2. The quantitative estimate of drug-likeness (QED) is 0.873. The number of ether oxygens (including phenoxy) is 2. The maximum absolute atomic E-state index is 13.0. The summed E-state index contributed by atoms with van der Waals surface area (Å²) in [6.07, 6.45) is 0. The molecule has 2 heterocycles. The second kappa shape index (κ2) is 6.33. The Bertz CT molecular complexity index is 861. The first kappa shape index (κ1) is 16.2. The number of halogens is 1. The first-order valence-corrected chi connectivity index (χ1v) is 9.15. The summed E-state index contributed by atoms with van der Waals surface area (Å²) in [5.74, 6) is 2.02. The van der Waals surface area contributed by atoms with Crippen LogP contribution in [0.4, 0.5) is 20.6 Å². The van der Waals surface area contributed by atoms with Crippen LogP contribution in [0, 0.1) is 17.7 Å². The normalized spacial score (nSPS) is 24.9. The lowest BCUT2D eigenvalue weighted by atomic mass is 10.2. The largest absolute Gasteiger partial charge is 0.486 e. The fraction of sp³-hybridized carbons (Fsp3) is 0.350. The topological polar surface area (TPSA) is 62.8 Å². The molecule has 2 unspecified atom stereocenters. The van der Waals surface area contributed by atoms with E-state index >= 15 is 0 Å². The van der Waals surface area contributed by atoms with Gasteiger partial charge >= 0.3 is 6.03 Å². The molecule has 1 saturated heterocycles. The van der Waals surface area contributed by atoms with E-state index in [0.29, 0.717) is 42.2 Å². The monoisotopic (exact) mass is 369 g/mol. The molecule has 0 spiro atoms. The molecular formula is C20H20FN3O3. The third kappa shape index (κ3) is 3.13. The molecule has 0 bridgehead atoms. The van der Waals surface area contributed by atoms with Crippen LogP contribution in [0.25, 0.3) is 0 Å². The van der Waals surface area contributed by atoms with Crippen LogP contribution in [-0.2, 0) is 0 Å². The Morgan fingerprint density at radius 2 is 1.70 bits per heavy atom. The highest BCUT2D eigenvalue weighted by Crippen LogP contribution is 2.46. The maximum atomic E-state index is 13.0. The maximum Gasteiger partial charge on any atom is 0.319 e. The number of nitrogens with zero attached hydrogens (tertiary/aromatic N) is 1. The molecular weight excluding hydrogens is 349 g/mol. The molecule has 1 aliphatic carbocycles. The molecule has 7 heteroatoms. The van der Waals surface area contributed by atoms with E-state index in [2.05, 4.69) is 15.5 Å². The lowest BCUT2D eigenvalue weighted by molar-refractivity contribution is 0.171. The fourth-order valence-corrected chi connectivity index (χ4v) is 4.04. The van der Waals surface area contributed by atoms with Crippen molar-refractivity contribution in [3.63, 3.8) is 0 Å². The smallest absolute Gasteiger partial charge is 0.319 e. The summed E-state index contributed by atoms with van der Waals surface area (Å²) in [4.78, 5) is 14.5. The van der Waals surface area contributed by atoms with E-state index in [-0.39, 0.29) is 17.9 Å². The van der Waals surface area contributed by atoms with Gasteiger partial charge in [0.05, 0.1) is 0 Å². The van der Waals surface area contributed by atoms with Crippen LogP contribution < -0.4 is 25.0 Å². The predicted octanol–water partition coefficient (Wildman–Crippen LogP) is 2.85. The minimum absolute atomic E-state index is 0.193. The summed E-state index contributed by atoms with van der Waals surface area (Å²) in [5, 5.41) is 5.92. The number of rotatable bonds is 3. The van der Waals surface area contributed by atoms with Crippen LogP contribution in [0.3, 0.4) is 0 Å². The van der Waals surface area contributed by atoms with E-state index in [9.17, 15) is 9.18 Å². The molecule has 6 nitrogen and oxygen atoms in total. The average Bonchev–Trinajstić information content (AvgIpc) is 3.11. The van der Waals surface area contributed by atoms with E-state index in [1.807, 2.05) is 0 Å². The summed E-state index contributed by atoms with van der Waals surface area (Å²) in [5.41, 5.74) is 1.71. The first-order valence-electron chi connectivity index (χ1n) is 9.15. The van der Waals surface area contributed by atoms with Crippen LogP contribution in [-0.4, -0.2) is 38.4 Å². The lowest BCUT2D eigenvalue weighted by Gasteiger charge is -2.22. The minimum Gasteiger partial charge on any atom is -0.486 e. The molecule has 3 aliphatic rings. The second-order valence-corrected chi connectivity index (χ2v) is 7.19. The van der Waals surface area contributed by atoms with E-state index in [0.717, 1.165) is 18.8 Å². The molecule has 140 valence electrons. The third-order valence-electron chi connectivity index (χ3n) is 5.48. The van der Waals surface area contributed by atoms with Crippen LogP contribution in [0.15, 0.2) is 42.5 Å². The Kier molecular flexibility index (Phi) is 3.81. The third-order valence-corrected chi connectivity index (χ3v) is 5.48. The molecule has 2 fully saturated rings. The Balaban J connectivity index is 1.14. The number of urea groups is 1. The highest BCUT2D eigenvalue weighted by Gasteiger charge is 2.56. The van der Waals surface area contributed by atoms with Crippen molar-refractivity contribution >= 4 is 17.4 Å². The number of amides is 2. The fourth-order valence-electron chi connectivity index (χ4n) is 4.04. The summed E-state index contributed by atoms with van der Waals surface area (Å²) >= 11 is 0. The van der Waals surface area contributed by atoms with Gasteiger partial charge in [-0.05, 0) is 36.4 Å². The van der Waals surface area contributed by atoms with Gasteiger partial charge in [0, 0.05) is 48.4 Å². The van der Waals surface area contributed by atoms with Gasteiger partial charge in [0.25, 0.3) is 0 Å². The molecule has 2 N–H and O–H groups in total. The zero-order valence-corrected chi connectivity index (χ0v) is 14.7. The molecule has 5 rings (SSSR count). The van der Waals surface area contributed by atoms with E-state index in [4.69, 9.17) is 9.47 Å². The number of carbonyl (C=O) groups is 1. The standard InChI is InChI=1S/C20H20FN3O3/c21-12-1-4-14(5-2-12)24-10-15-16(11-24)19(15)23-20(25)22-13-3-6-17-18(9-13)27-8-7-26-17/h1-6,9,15-16,19H,7-8,10-11H2,(H2,22,23,25). The molecule has 2 aromatic rings. The van der Waals surface area contributed by atoms with E-state index < -0.39 is 0 Å². The second-order valence-electron chi connectivity index (χ2n) is 7.19. The molecule has 2 aromatic carbocycles. The Morgan fingerprint density at radius 3 is 2.44 bits per heavy atom. The summed E-state index contributed by atoms with van der Waals surface area (Å²) < 4.78 is 24.1. The molecule has 2 aliphatic heterocycles. The van der Waals surface area contributed by atoms with Crippen molar-refractivity contribution in [1.29, 1.82) is 0 Å². The van der Waals surface area contributed by atoms with Crippen LogP contribution in [0.5, 0.6) is 11.5 Å². The molecule has 0 radical (unpaired) electrons. The van der Waals surface area contributed by atoms with Gasteiger partial charge in [0.15, 0.2) is 11.5 Å². The first-order chi connectivity index (χ1) is 13.2. The summed E-state index contributed by atoms with van der Waals surface area (Å²) in [7, 11) is 0. The predicted molar refractivity (Wildman–Crippen MR) is 99.0 cm³/mol. The van der Waals surface area contributed by atoms with Crippen LogP contribution >= 0.6 is 0 Å². The number of carbonyl (C=O) groups excluding carboxylic acids is 1. The molecule has 0 aromatic heterocycles. The highest BCUT2D eigenvalue weighted by molar-refractivity contribution is 5.90. The highest BCUT2D eigenvalue weighted by atomic mass is 19.1.